The fraction of sp³-hybridized carbons (Fsp3) is 0.667. The molecule has 1 aromatic rings. The van der Waals surface area contributed by atoms with Crippen molar-refractivity contribution in [2.45, 2.75) is 25.3 Å². The molecule has 2 rings (SSSR count). The third kappa shape index (κ3) is 3.56. The Labute approximate surface area is 128 Å². The zero-order valence-electron chi connectivity index (χ0n) is 12.3. The molecular formula is C12H19ClN4O3S. The molecule has 118 valence electrons. The normalized spacial score (nSPS) is 17.2. The summed E-state index contributed by atoms with van der Waals surface area (Å²) in [6, 6.07) is 0. The average Bonchev–Trinajstić information content (AvgIpc) is 2.64. The number of aryl methyl sites for hydroxylation is 1. The van der Waals surface area contributed by atoms with Gasteiger partial charge in [0.25, 0.3) is 9.05 Å². The predicted octanol–water partition coefficient (Wildman–Crippen LogP) is 0.201. The van der Waals surface area contributed by atoms with Crippen molar-refractivity contribution in [3.63, 3.8) is 0 Å². The zero-order chi connectivity index (χ0) is 15.8. The van der Waals surface area contributed by atoms with Gasteiger partial charge in [-0.15, -0.1) is 0 Å². The van der Waals surface area contributed by atoms with E-state index in [-0.39, 0.29) is 17.3 Å². The molecule has 1 amide bonds. The van der Waals surface area contributed by atoms with Crippen molar-refractivity contribution in [2.75, 3.05) is 33.2 Å². The van der Waals surface area contributed by atoms with E-state index in [2.05, 4.69) is 10.00 Å². The molecule has 0 atom stereocenters. The Hall–Kier alpha value is -1.12. The summed E-state index contributed by atoms with van der Waals surface area (Å²) >= 11 is 0. The Morgan fingerprint density at radius 3 is 2.29 bits per heavy atom. The fourth-order valence-corrected chi connectivity index (χ4v) is 3.99. The highest BCUT2D eigenvalue weighted by Gasteiger charge is 2.25. The minimum atomic E-state index is -3.85. The number of carbonyl (C=O) groups excluding carboxylic acids is 1. The lowest BCUT2D eigenvalue weighted by molar-refractivity contribution is -0.133. The largest absolute Gasteiger partial charge is 0.339 e. The first kappa shape index (κ1) is 16.3. The van der Waals surface area contributed by atoms with E-state index >= 15 is 0 Å². The first-order valence-electron chi connectivity index (χ1n) is 6.65. The Morgan fingerprint density at radius 1 is 1.24 bits per heavy atom. The smallest absolute Gasteiger partial charge is 0.264 e. The molecule has 0 bridgehead atoms. The highest BCUT2D eigenvalue weighted by Crippen LogP contribution is 2.23. The Morgan fingerprint density at radius 2 is 1.81 bits per heavy atom. The molecule has 1 saturated heterocycles. The Kier molecular flexibility index (Phi) is 4.60. The average molecular weight is 335 g/mol. The van der Waals surface area contributed by atoms with Crippen LogP contribution in [0.25, 0.3) is 0 Å². The first-order chi connectivity index (χ1) is 9.70. The van der Waals surface area contributed by atoms with Gasteiger partial charge in [0.1, 0.15) is 11.4 Å². The van der Waals surface area contributed by atoms with Gasteiger partial charge in [-0.05, 0) is 20.9 Å². The molecule has 1 aliphatic heterocycles. The molecule has 2 heterocycles. The molecule has 1 aromatic heterocycles. The molecule has 7 nitrogen and oxygen atoms in total. The third-order valence-corrected chi connectivity index (χ3v) is 5.24. The van der Waals surface area contributed by atoms with Crippen LogP contribution in [-0.4, -0.2) is 67.1 Å². The molecule has 0 unspecified atom stereocenters. The third-order valence-electron chi connectivity index (χ3n) is 3.70. The van der Waals surface area contributed by atoms with Crippen LogP contribution in [-0.2, 0) is 20.4 Å². The van der Waals surface area contributed by atoms with Crippen molar-refractivity contribution in [1.82, 2.24) is 19.6 Å². The van der Waals surface area contributed by atoms with E-state index in [4.69, 9.17) is 10.7 Å². The lowest BCUT2D eigenvalue weighted by atomic mass is 10.3. The number of carbonyl (C=O) groups is 1. The van der Waals surface area contributed by atoms with Crippen molar-refractivity contribution in [2.24, 2.45) is 0 Å². The van der Waals surface area contributed by atoms with Crippen LogP contribution >= 0.6 is 10.7 Å². The molecule has 0 radical (unpaired) electrons. The van der Waals surface area contributed by atoms with E-state index in [1.54, 1.807) is 18.7 Å². The number of amides is 1. The van der Waals surface area contributed by atoms with Gasteiger partial charge in [0.05, 0.1) is 11.4 Å². The summed E-state index contributed by atoms with van der Waals surface area (Å²) in [5, 5.41) is 4.12. The first-order valence-corrected chi connectivity index (χ1v) is 8.96. The van der Waals surface area contributed by atoms with Crippen LogP contribution in [0.1, 0.15) is 11.4 Å². The number of halogens is 1. The molecule has 21 heavy (non-hydrogen) atoms. The van der Waals surface area contributed by atoms with Crippen molar-refractivity contribution >= 4 is 25.6 Å². The maximum Gasteiger partial charge on any atom is 0.264 e. The second kappa shape index (κ2) is 5.94. The molecule has 0 N–H and O–H groups in total. The van der Waals surface area contributed by atoms with Gasteiger partial charge in [0.2, 0.25) is 5.91 Å². The predicted molar refractivity (Wildman–Crippen MR) is 78.8 cm³/mol. The number of rotatable bonds is 3. The molecule has 0 aromatic carbocycles. The summed E-state index contributed by atoms with van der Waals surface area (Å²) in [5.74, 6) is -0.0628. The van der Waals surface area contributed by atoms with Crippen LogP contribution in [0.5, 0.6) is 0 Å². The van der Waals surface area contributed by atoms with E-state index in [0.29, 0.717) is 24.5 Å². The van der Waals surface area contributed by atoms with E-state index in [9.17, 15) is 13.2 Å². The Balaban J connectivity index is 2.15. The van der Waals surface area contributed by atoms with E-state index in [0.717, 1.165) is 13.1 Å². The SMILES string of the molecule is Cc1nn(CC(=O)N2CCN(C)CC2)c(C)c1S(=O)(=O)Cl. The molecule has 0 spiro atoms. The summed E-state index contributed by atoms with van der Waals surface area (Å²) in [5.41, 5.74) is 0.707. The number of hydrogen-bond acceptors (Lipinski definition) is 5. The van der Waals surface area contributed by atoms with Gasteiger partial charge in [-0.25, -0.2) is 8.42 Å². The van der Waals surface area contributed by atoms with Gasteiger partial charge < -0.3 is 9.80 Å². The van der Waals surface area contributed by atoms with Crippen molar-refractivity contribution in [3.05, 3.63) is 11.4 Å². The maximum absolute atomic E-state index is 12.3. The summed E-state index contributed by atoms with van der Waals surface area (Å²) in [7, 11) is 3.56. The molecule has 1 aliphatic rings. The molecular weight excluding hydrogens is 316 g/mol. The second-order valence-electron chi connectivity index (χ2n) is 5.28. The van der Waals surface area contributed by atoms with Crippen LogP contribution in [0, 0.1) is 13.8 Å². The van der Waals surface area contributed by atoms with Gasteiger partial charge in [0.15, 0.2) is 0 Å². The molecule has 0 aliphatic carbocycles. The number of likely N-dealkylation sites (N-methyl/N-ethyl adjacent to an activating group) is 1. The molecule has 1 fully saturated rings. The monoisotopic (exact) mass is 334 g/mol. The van der Waals surface area contributed by atoms with Crippen LogP contribution in [0.4, 0.5) is 0 Å². The molecule has 9 heteroatoms. The van der Waals surface area contributed by atoms with Gasteiger partial charge in [-0.2, -0.15) is 5.10 Å². The topological polar surface area (TPSA) is 75.5 Å². The van der Waals surface area contributed by atoms with Gasteiger partial charge in [-0.1, -0.05) is 0 Å². The minimum absolute atomic E-state index is 0.00431. The van der Waals surface area contributed by atoms with Crippen molar-refractivity contribution in [3.8, 4) is 0 Å². The lowest BCUT2D eigenvalue weighted by Gasteiger charge is -2.32. The lowest BCUT2D eigenvalue weighted by Crippen LogP contribution is -2.48. The number of nitrogens with zero attached hydrogens (tertiary/aromatic N) is 4. The summed E-state index contributed by atoms with van der Waals surface area (Å²) < 4.78 is 24.5. The number of hydrogen-bond donors (Lipinski definition) is 0. The van der Waals surface area contributed by atoms with Crippen LogP contribution in [0.2, 0.25) is 0 Å². The highest BCUT2D eigenvalue weighted by atomic mass is 35.7. The van der Waals surface area contributed by atoms with E-state index < -0.39 is 9.05 Å². The number of piperazine rings is 1. The summed E-state index contributed by atoms with van der Waals surface area (Å²) in [4.78, 5) is 16.2. The summed E-state index contributed by atoms with van der Waals surface area (Å²) in [6.45, 7) is 6.23. The Bertz CT molecular complexity index is 648. The fourth-order valence-electron chi connectivity index (χ4n) is 2.47. The quantitative estimate of drug-likeness (QED) is 0.738. The minimum Gasteiger partial charge on any atom is -0.339 e. The standard InChI is InChI=1S/C12H19ClN4O3S/c1-9-12(21(13,19)20)10(2)17(14-9)8-11(18)16-6-4-15(3)5-7-16/h4-8H2,1-3H3. The maximum atomic E-state index is 12.3. The van der Waals surface area contributed by atoms with Crippen LogP contribution < -0.4 is 0 Å². The number of aromatic nitrogens is 2. The second-order valence-corrected chi connectivity index (χ2v) is 7.78. The van der Waals surface area contributed by atoms with E-state index in [1.165, 1.54) is 4.68 Å². The molecule has 0 saturated carbocycles. The van der Waals surface area contributed by atoms with E-state index in [1.807, 2.05) is 7.05 Å². The van der Waals surface area contributed by atoms with Crippen molar-refractivity contribution in [1.29, 1.82) is 0 Å². The van der Waals surface area contributed by atoms with Gasteiger partial charge in [0, 0.05) is 36.9 Å². The summed E-state index contributed by atoms with van der Waals surface area (Å²) in [6.07, 6.45) is 0. The van der Waals surface area contributed by atoms with Crippen LogP contribution in [0.3, 0.4) is 0 Å². The highest BCUT2D eigenvalue weighted by molar-refractivity contribution is 8.13. The van der Waals surface area contributed by atoms with Gasteiger partial charge in [-0.3, -0.25) is 9.48 Å². The van der Waals surface area contributed by atoms with Gasteiger partial charge >= 0.3 is 0 Å². The van der Waals surface area contributed by atoms with Crippen LogP contribution in [0.15, 0.2) is 4.90 Å². The van der Waals surface area contributed by atoms with Crippen molar-refractivity contribution < 1.29 is 13.2 Å². The zero-order valence-corrected chi connectivity index (χ0v) is 13.9.